The second-order valence-electron chi connectivity index (χ2n) is 3.84. The summed E-state index contributed by atoms with van der Waals surface area (Å²) in [6.45, 7) is 0.334. The van der Waals surface area contributed by atoms with Gasteiger partial charge in [0.15, 0.2) is 0 Å². The molecule has 7 heteroatoms. The molecule has 0 aliphatic rings. The largest absolute Gasteiger partial charge is 0.497 e. The average Bonchev–Trinajstić information content (AvgIpc) is 2.84. The average molecular weight is 299 g/mol. The highest BCUT2D eigenvalue weighted by Gasteiger charge is 2.13. The lowest BCUT2D eigenvalue weighted by Crippen LogP contribution is -2.27. The Morgan fingerprint density at radius 2 is 1.95 bits per heavy atom. The Morgan fingerprint density at radius 3 is 2.58 bits per heavy atom. The summed E-state index contributed by atoms with van der Waals surface area (Å²) in [6.07, 6.45) is 0. The van der Waals surface area contributed by atoms with Gasteiger partial charge in [0.2, 0.25) is 0 Å². The van der Waals surface area contributed by atoms with E-state index in [1.807, 2.05) is 0 Å². The molecule has 0 amide bonds. The van der Waals surface area contributed by atoms with E-state index < -0.39 is 7.12 Å². The van der Waals surface area contributed by atoms with Gasteiger partial charge in [0.1, 0.15) is 18.1 Å². The summed E-state index contributed by atoms with van der Waals surface area (Å²) >= 11 is 7.33. The molecule has 0 radical (unpaired) electrons. The predicted molar refractivity (Wildman–Crippen MR) is 76.5 cm³/mol. The van der Waals surface area contributed by atoms with Crippen molar-refractivity contribution >= 4 is 35.5 Å². The Bertz CT molecular complexity index is 558. The summed E-state index contributed by atoms with van der Waals surface area (Å²) in [5, 5.41) is 20.2. The standard InChI is InChI=1S/C12H12BClO4S/c1-17-10-3-9(14)4-11(5-10)18-6-12-2-8(7-19-12)13(15)16/h2-5,7,15-16H,6H2,1H3. The Hall–Kier alpha value is -1.21. The van der Waals surface area contributed by atoms with Crippen LogP contribution in [0.3, 0.4) is 0 Å². The fourth-order valence-electron chi connectivity index (χ4n) is 1.50. The number of methoxy groups -OCH3 is 1. The molecule has 0 aliphatic carbocycles. The molecule has 0 saturated heterocycles. The molecular formula is C12H12BClO4S. The van der Waals surface area contributed by atoms with Crippen molar-refractivity contribution in [2.45, 2.75) is 6.61 Å². The van der Waals surface area contributed by atoms with Gasteiger partial charge in [-0.3, -0.25) is 0 Å². The maximum Gasteiger partial charge on any atom is 0.489 e. The number of ether oxygens (including phenoxy) is 2. The molecule has 4 nitrogen and oxygen atoms in total. The summed E-state index contributed by atoms with van der Waals surface area (Å²) in [7, 11) is 0.111. The lowest BCUT2D eigenvalue weighted by Gasteiger charge is -2.07. The van der Waals surface area contributed by atoms with Crippen molar-refractivity contribution in [3.05, 3.63) is 39.5 Å². The van der Waals surface area contributed by atoms with Crippen LogP contribution < -0.4 is 14.9 Å². The molecule has 0 saturated carbocycles. The second kappa shape index (κ2) is 6.30. The van der Waals surface area contributed by atoms with Crippen molar-refractivity contribution in [1.82, 2.24) is 0 Å². The summed E-state index contributed by atoms with van der Waals surface area (Å²) < 4.78 is 10.7. The summed E-state index contributed by atoms with van der Waals surface area (Å²) in [6, 6.07) is 6.82. The Morgan fingerprint density at radius 1 is 1.21 bits per heavy atom. The highest BCUT2D eigenvalue weighted by atomic mass is 35.5. The zero-order valence-corrected chi connectivity index (χ0v) is 11.7. The van der Waals surface area contributed by atoms with Crippen molar-refractivity contribution in [1.29, 1.82) is 0 Å². The van der Waals surface area contributed by atoms with Gasteiger partial charge < -0.3 is 19.5 Å². The maximum absolute atomic E-state index is 9.01. The van der Waals surface area contributed by atoms with E-state index in [9.17, 15) is 0 Å². The molecule has 100 valence electrons. The quantitative estimate of drug-likeness (QED) is 0.825. The highest BCUT2D eigenvalue weighted by Crippen LogP contribution is 2.26. The fraction of sp³-hybridized carbons (Fsp3) is 0.167. The molecule has 2 aromatic rings. The van der Waals surface area contributed by atoms with E-state index in [1.165, 1.54) is 11.3 Å². The van der Waals surface area contributed by atoms with Gasteiger partial charge in [0.05, 0.1) is 7.11 Å². The maximum atomic E-state index is 9.01. The second-order valence-corrected chi connectivity index (χ2v) is 5.27. The van der Waals surface area contributed by atoms with E-state index in [0.29, 0.717) is 28.6 Å². The molecule has 0 bridgehead atoms. The molecule has 0 spiro atoms. The van der Waals surface area contributed by atoms with Gasteiger partial charge >= 0.3 is 7.12 Å². The van der Waals surface area contributed by atoms with Gasteiger partial charge in [0.25, 0.3) is 0 Å². The van der Waals surface area contributed by atoms with Crippen LogP contribution in [0.4, 0.5) is 0 Å². The molecule has 1 aromatic carbocycles. The number of halogens is 1. The van der Waals surface area contributed by atoms with E-state index >= 15 is 0 Å². The zero-order chi connectivity index (χ0) is 13.8. The van der Waals surface area contributed by atoms with Crippen LogP contribution in [0, 0.1) is 0 Å². The molecule has 1 heterocycles. The number of rotatable bonds is 5. The molecule has 2 N–H and O–H groups in total. The molecule has 0 unspecified atom stereocenters. The first-order valence-corrected chi connectivity index (χ1v) is 6.75. The Balaban J connectivity index is 2.03. The van der Waals surface area contributed by atoms with Crippen molar-refractivity contribution in [3.8, 4) is 11.5 Å². The van der Waals surface area contributed by atoms with E-state index in [2.05, 4.69) is 0 Å². The lowest BCUT2D eigenvalue weighted by atomic mass is 9.83. The minimum atomic E-state index is -1.45. The summed E-state index contributed by atoms with van der Waals surface area (Å²) in [5.74, 6) is 1.23. The van der Waals surface area contributed by atoms with Gasteiger partial charge in [-0.05, 0) is 29.0 Å². The summed E-state index contributed by atoms with van der Waals surface area (Å²) in [4.78, 5) is 0.891. The first-order chi connectivity index (χ1) is 9.08. The molecular weight excluding hydrogens is 286 g/mol. The molecule has 0 aliphatic heterocycles. The Labute approximate surface area is 120 Å². The zero-order valence-electron chi connectivity index (χ0n) is 10.2. The first kappa shape index (κ1) is 14.2. The van der Waals surface area contributed by atoms with Crippen LogP contribution in [-0.2, 0) is 6.61 Å². The molecule has 2 rings (SSSR count). The minimum absolute atomic E-state index is 0.334. The van der Waals surface area contributed by atoms with Crippen LogP contribution in [0.2, 0.25) is 5.02 Å². The fourth-order valence-corrected chi connectivity index (χ4v) is 2.52. The van der Waals surface area contributed by atoms with Crippen LogP contribution >= 0.6 is 22.9 Å². The van der Waals surface area contributed by atoms with E-state index in [1.54, 1.807) is 36.8 Å². The van der Waals surface area contributed by atoms with Crippen LogP contribution in [0.25, 0.3) is 0 Å². The third-order valence-corrected chi connectivity index (χ3v) is 3.58. The summed E-state index contributed by atoms with van der Waals surface area (Å²) in [5.41, 5.74) is 0.465. The molecule has 0 atom stereocenters. The molecule has 1 aromatic heterocycles. The molecule has 0 fully saturated rings. The van der Waals surface area contributed by atoms with Crippen molar-refractivity contribution in [2.24, 2.45) is 0 Å². The monoisotopic (exact) mass is 298 g/mol. The number of thiophene rings is 1. The number of hydrogen-bond donors (Lipinski definition) is 2. The van der Waals surface area contributed by atoms with Gasteiger partial charge in [-0.25, -0.2) is 0 Å². The number of benzene rings is 1. The normalized spacial score (nSPS) is 10.3. The third kappa shape index (κ3) is 3.88. The van der Waals surface area contributed by atoms with Crippen molar-refractivity contribution in [3.63, 3.8) is 0 Å². The minimum Gasteiger partial charge on any atom is -0.497 e. The SMILES string of the molecule is COc1cc(Cl)cc(OCc2cc(B(O)O)cs2)c1. The van der Waals surface area contributed by atoms with E-state index in [-0.39, 0.29) is 0 Å². The van der Waals surface area contributed by atoms with E-state index in [0.717, 1.165) is 4.88 Å². The van der Waals surface area contributed by atoms with E-state index in [4.69, 9.17) is 31.1 Å². The van der Waals surface area contributed by atoms with Crippen molar-refractivity contribution in [2.75, 3.05) is 7.11 Å². The van der Waals surface area contributed by atoms with Crippen molar-refractivity contribution < 1.29 is 19.5 Å². The third-order valence-electron chi connectivity index (χ3n) is 2.43. The van der Waals surface area contributed by atoms with Gasteiger partial charge in [-0.15, -0.1) is 11.3 Å². The van der Waals surface area contributed by atoms with Gasteiger partial charge in [0, 0.05) is 16.0 Å². The number of hydrogen-bond acceptors (Lipinski definition) is 5. The lowest BCUT2D eigenvalue weighted by molar-refractivity contribution is 0.307. The van der Waals surface area contributed by atoms with Crippen LogP contribution in [0.1, 0.15) is 4.88 Å². The predicted octanol–water partition coefficient (Wildman–Crippen LogP) is 1.67. The van der Waals surface area contributed by atoms with Crippen LogP contribution in [0.15, 0.2) is 29.6 Å². The van der Waals surface area contributed by atoms with Gasteiger partial charge in [-0.2, -0.15) is 0 Å². The van der Waals surface area contributed by atoms with Gasteiger partial charge in [-0.1, -0.05) is 11.6 Å². The molecule has 19 heavy (non-hydrogen) atoms. The Kier molecular flexibility index (Phi) is 4.71. The van der Waals surface area contributed by atoms with Crippen LogP contribution in [-0.4, -0.2) is 24.3 Å². The highest BCUT2D eigenvalue weighted by molar-refractivity contribution is 7.11. The topological polar surface area (TPSA) is 58.9 Å². The van der Waals surface area contributed by atoms with Crippen LogP contribution in [0.5, 0.6) is 11.5 Å². The smallest absolute Gasteiger partial charge is 0.489 e. The first-order valence-electron chi connectivity index (χ1n) is 5.49.